The van der Waals surface area contributed by atoms with Crippen LogP contribution >= 0.6 is 11.3 Å². The lowest BCUT2D eigenvalue weighted by molar-refractivity contribution is -0.128. The summed E-state index contributed by atoms with van der Waals surface area (Å²) in [4.78, 5) is 16.7. The summed E-state index contributed by atoms with van der Waals surface area (Å²) in [5.41, 5.74) is -1.85. The average Bonchev–Trinajstić information content (AvgIpc) is 3.25. The van der Waals surface area contributed by atoms with Gasteiger partial charge in [0.05, 0.1) is 4.11 Å². The number of aryl methyl sites for hydroxylation is 1. The molecule has 3 rings (SSSR count). The van der Waals surface area contributed by atoms with Crippen LogP contribution in [0, 0.1) is 0 Å². The molecule has 1 amide bonds. The number of anilines is 1. The average molecular weight is 383 g/mol. The Morgan fingerprint density at radius 2 is 2.12 bits per heavy atom. The summed E-state index contributed by atoms with van der Waals surface area (Å²) in [6.07, 6.45) is -3.60. The molecule has 2 aromatic rings. The van der Waals surface area contributed by atoms with Gasteiger partial charge in [-0.05, 0) is 30.0 Å². The highest BCUT2D eigenvalue weighted by molar-refractivity contribution is 7.09. The molecular weight excluding hydrogens is 344 g/mol. The van der Waals surface area contributed by atoms with Gasteiger partial charge in [-0.1, -0.05) is 31.1 Å². The quantitative estimate of drug-likeness (QED) is 0.674. The Bertz CT molecular complexity index is 1020. The van der Waals surface area contributed by atoms with Crippen LogP contribution < -0.4 is 4.90 Å². The highest BCUT2D eigenvalue weighted by atomic mass is 32.1. The number of benzene rings is 1. The van der Waals surface area contributed by atoms with Crippen molar-refractivity contribution in [1.29, 1.82) is 0 Å². The molecule has 0 spiro atoms. The van der Waals surface area contributed by atoms with Crippen LogP contribution in [-0.4, -0.2) is 43.2 Å². The van der Waals surface area contributed by atoms with Crippen LogP contribution in [0.5, 0.6) is 0 Å². The number of piperidine rings is 1. The summed E-state index contributed by atoms with van der Waals surface area (Å²) >= 11 is 1.42. The number of thiophene rings is 1. The van der Waals surface area contributed by atoms with E-state index in [1.54, 1.807) is 18.2 Å². The van der Waals surface area contributed by atoms with E-state index in [0.29, 0.717) is 0 Å². The third-order valence-electron chi connectivity index (χ3n) is 4.52. The van der Waals surface area contributed by atoms with E-state index in [2.05, 4.69) is 0 Å². The molecule has 1 aromatic heterocycles. The Hall–Kier alpha value is -1.69. The molecule has 1 aliphatic heterocycles. The highest BCUT2D eigenvalue weighted by Gasteiger charge is 2.42. The van der Waals surface area contributed by atoms with Gasteiger partial charge in [0, 0.05) is 66.0 Å². The SMILES string of the molecule is [2H]C([2H])([2H])OC1(N(C(=O)C([2H])([2H])C([2H])([2H])[2H])c2ccccc2)CCN(C([2H])([2H])Cc2cccs2)CC1. The molecule has 1 fully saturated rings. The molecule has 26 heavy (non-hydrogen) atoms. The first-order chi connectivity index (χ1) is 16.5. The summed E-state index contributed by atoms with van der Waals surface area (Å²) in [5.74, 6) is -1.45. The smallest absolute Gasteiger partial charge is 0.229 e. The fraction of sp³-hybridized carbons (Fsp3) is 0.476. The largest absolute Gasteiger partial charge is 0.358 e. The van der Waals surface area contributed by atoms with Crippen molar-refractivity contribution in [3.05, 3.63) is 52.7 Å². The van der Waals surface area contributed by atoms with Crippen molar-refractivity contribution >= 4 is 22.9 Å². The second kappa shape index (κ2) is 8.80. The number of hydrogen-bond acceptors (Lipinski definition) is 4. The number of amides is 1. The Morgan fingerprint density at radius 3 is 2.77 bits per heavy atom. The van der Waals surface area contributed by atoms with E-state index in [1.165, 1.54) is 28.4 Å². The monoisotopic (exact) mass is 382 g/mol. The summed E-state index contributed by atoms with van der Waals surface area (Å²) in [5, 5.41) is 1.85. The van der Waals surface area contributed by atoms with Crippen molar-refractivity contribution in [2.45, 2.75) is 38.2 Å². The molecule has 0 bridgehead atoms. The number of ether oxygens (including phenoxy) is 1. The van der Waals surface area contributed by atoms with Gasteiger partial charge < -0.3 is 9.64 Å². The molecule has 2 heterocycles. The second-order valence-corrected chi connectivity index (χ2v) is 7.08. The van der Waals surface area contributed by atoms with Crippen molar-refractivity contribution in [2.75, 3.05) is 31.5 Å². The molecule has 1 aromatic carbocycles. The van der Waals surface area contributed by atoms with E-state index in [-0.39, 0.29) is 38.0 Å². The molecule has 0 atom stereocenters. The number of para-hydroxylation sites is 1. The zero-order valence-corrected chi connectivity index (χ0v) is 15.1. The van der Waals surface area contributed by atoms with Crippen molar-refractivity contribution in [3.8, 4) is 0 Å². The number of hydrogen-bond donors (Lipinski definition) is 0. The Kier molecular flexibility index (Phi) is 3.39. The van der Waals surface area contributed by atoms with Gasteiger partial charge in [-0.3, -0.25) is 9.69 Å². The van der Waals surface area contributed by atoms with Crippen molar-refractivity contribution in [2.24, 2.45) is 0 Å². The van der Waals surface area contributed by atoms with Gasteiger partial charge in [0.15, 0.2) is 0 Å². The predicted molar refractivity (Wildman–Crippen MR) is 108 cm³/mol. The van der Waals surface area contributed by atoms with E-state index in [9.17, 15) is 4.79 Å². The minimum Gasteiger partial charge on any atom is -0.358 e. The molecule has 0 saturated carbocycles. The topological polar surface area (TPSA) is 32.8 Å². The molecular formula is C21H28N2O2S. The zero-order valence-electron chi connectivity index (χ0n) is 24.3. The molecule has 140 valence electrons. The molecule has 0 unspecified atom stereocenters. The van der Waals surface area contributed by atoms with Gasteiger partial charge in [0.1, 0.15) is 5.72 Å². The highest BCUT2D eigenvalue weighted by Crippen LogP contribution is 2.34. The molecule has 0 radical (unpaired) electrons. The summed E-state index contributed by atoms with van der Waals surface area (Å²) in [6.45, 7) is -5.12. The third kappa shape index (κ3) is 4.17. The number of rotatable bonds is 7. The van der Waals surface area contributed by atoms with Crippen LogP contribution in [-0.2, 0) is 16.0 Å². The third-order valence-corrected chi connectivity index (χ3v) is 5.40. The Balaban J connectivity index is 2.01. The summed E-state index contributed by atoms with van der Waals surface area (Å²) in [6, 6.07) is 11.3. The minimum absolute atomic E-state index is 0.0121. The van der Waals surface area contributed by atoms with Gasteiger partial charge >= 0.3 is 0 Å². The summed E-state index contributed by atoms with van der Waals surface area (Å²) in [7, 11) is -3.00. The van der Waals surface area contributed by atoms with E-state index in [1.807, 2.05) is 17.5 Å². The van der Waals surface area contributed by atoms with Gasteiger partial charge in [0.25, 0.3) is 0 Å². The van der Waals surface area contributed by atoms with Crippen LogP contribution in [0.3, 0.4) is 0 Å². The standard InChI is InChI=1S/C21H28N2O2S/c1-3-20(24)23(18-8-5-4-6-9-18)21(25-2)12-15-22(16-13-21)14-11-19-10-7-17-26-19/h4-10,17H,3,11-16H2,1-2H3/i1D3,2D3,3D2,14D2. The molecule has 0 N–H and O–H groups in total. The zero-order chi connectivity index (χ0) is 27.0. The van der Waals surface area contributed by atoms with Crippen LogP contribution in [0.4, 0.5) is 5.69 Å². The van der Waals surface area contributed by atoms with E-state index >= 15 is 0 Å². The molecule has 1 saturated heterocycles. The number of nitrogens with zero attached hydrogens (tertiary/aromatic N) is 2. The first-order valence-corrected chi connectivity index (χ1v) is 9.24. The fourth-order valence-electron chi connectivity index (χ4n) is 3.16. The summed E-state index contributed by atoms with van der Waals surface area (Å²) < 4.78 is 84.9. The maximum Gasteiger partial charge on any atom is 0.229 e. The van der Waals surface area contributed by atoms with Gasteiger partial charge in [-0.25, -0.2) is 0 Å². The first kappa shape index (κ1) is 10.0. The van der Waals surface area contributed by atoms with E-state index in [0.717, 1.165) is 9.78 Å². The van der Waals surface area contributed by atoms with Crippen LogP contribution in [0.2, 0.25) is 0 Å². The maximum atomic E-state index is 13.5. The minimum atomic E-state index is -3.33. The van der Waals surface area contributed by atoms with Gasteiger partial charge in [-0.2, -0.15) is 0 Å². The maximum absolute atomic E-state index is 13.5. The normalized spacial score (nSPS) is 24.9. The number of carbonyl (C=O) groups is 1. The van der Waals surface area contributed by atoms with Crippen LogP contribution in [0.1, 0.15) is 44.7 Å². The lowest BCUT2D eigenvalue weighted by Crippen LogP contribution is -2.59. The van der Waals surface area contributed by atoms with Crippen LogP contribution in [0.15, 0.2) is 47.8 Å². The number of likely N-dealkylation sites (tertiary alicyclic amines) is 1. The Morgan fingerprint density at radius 1 is 1.31 bits per heavy atom. The first-order valence-electron chi connectivity index (χ1n) is 13.4. The van der Waals surface area contributed by atoms with Crippen molar-refractivity contribution in [1.82, 2.24) is 4.90 Å². The lowest BCUT2D eigenvalue weighted by Gasteiger charge is -2.47. The molecule has 1 aliphatic rings. The number of carbonyl (C=O) groups excluding carboxylic acids is 1. The van der Waals surface area contributed by atoms with E-state index < -0.39 is 38.4 Å². The van der Waals surface area contributed by atoms with Gasteiger partial charge in [-0.15, -0.1) is 11.3 Å². The molecule has 0 aliphatic carbocycles. The van der Waals surface area contributed by atoms with E-state index in [4.69, 9.17) is 18.4 Å². The molecule has 5 heteroatoms. The predicted octanol–water partition coefficient (Wildman–Crippen LogP) is 4.17. The lowest BCUT2D eigenvalue weighted by atomic mass is 9.96. The fourth-order valence-corrected chi connectivity index (χ4v) is 3.80. The number of methoxy groups -OCH3 is 1. The Labute approximate surface area is 174 Å². The van der Waals surface area contributed by atoms with Gasteiger partial charge in [0.2, 0.25) is 5.91 Å². The van der Waals surface area contributed by atoms with Crippen LogP contribution in [0.25, 0.3) is 0 Å². The van der Waals surface area contributed by atoms with Crippen molar-refractivity contribution < 1.29 is 23.2 Å². The van der Waals surface area contributed by atoms with Crippen molar-refractivity contribution in [3.63, 3.8) is 0 Å². The molecule has 4 nitrogen and oxygen atoms in total. The second-order valence-electron chi connectivity index (χ2n) is 6.05.